The number of ether oxygens (including phenoxy) is 1. The summed E-state index contributed by atoms with van der Waals surface area (Å²) < 4.78 is 19.4. The van der Waals surface area contributed by atoms with Gasteiger partial charge in [-0.25, -0.2) is 4.39 Å². The Morgan fingerprint density at radius 1 is 1.41 bits per heavy atom. The zero-order chi connectivity index (χ0) is 16.3. The summed E-state index contributed by atoms with van der Waals surface area (Å²) >= 11 is 15.0. The molecule has 3 nitrogen and oxygen atoms in total. The number of unbranched alkanes of at least 4 members (excludes halogenated alkanes) is 1. The van der Waals surface area contributed by atoms with Crippen molar-refractivity contribution in [3.8, 4) is 5.75 Å². The predicted molar refractivity (Wildman–Crippen MR) is 88.7 cm³/mol. The second-order valence-electron chi connectivity index (χ2n) is 4.61. The molecule has 0 aliphatic carbocycles. The molecule has 0 bridgehead atoms. The molecule has 0 aliphatic heterocycles. The van der Waals surface area contributed by atoms with Crippen LogP contribution < -0.4 is 4.74 Å². The third kappa shape index (κ3) is 3.65. The molecule has 0 atom stereocenters. The lowest BCUT2D eigenvalue weighted by Crippen LogP contribution is -2.08. The summed E-state index contributed by atoms with van der Waals surface area (Å²) in [5, 5.41) is 0.344. The van der Waals surface area contributed by atoms with E-state index in [0.717, 1.165) is 18.9 Å². The lowest BCUT2D eigenvalue weighted by molar-refractivity contribution is 0.102. The number of halogens is 4. The van der Waals surface area contributed by atoms with E-state index in [0.29, 0.717) is 16.8 Å². The Bertz CT molecular complexity index is 703. The Labute approximate surface area is 145 Å². The number of hydrogen-bond acceptors (Lipinski definition) is 2. The molecule has 0 saturated carbocycles. The number of ketones is 1. The molecule has 1 aromatic heterocycles. The normalized spacial score (nSPS) is 10.8. The van der Waals surface area contributed by atoms with Crippen LogP contribution in [0.1, 0.15) is 35.8 Å². The van der Waals surface area contributed by atoms with Crippen LogP contribution in [-0.4, -0.2) is 17.4 Å². The zero-order valence-corrected chi connectivity index (χ0v) is 14.8. The van der Waals surface area contributed by atoms with Crippen LogP contribution in [0.2, 0.25) is 10.2 Å². The fraction of sp³-hybridized carbons (Fsp3) is 0.267. The molecule has 0 radical (unpaired) electrons. The Morgan fingerprint density at radius 3 is 2.73 bits per heavy atom. The molecule has 1 N–H and O–H groups in total. The van der Waals surface area contributed by atoms with Crippen molar-refractivity contribution in [2.45, 2.75) is 19.8 Å². The standard InChI is InChI=1S/C15H13BrCl2FNO2/c1-2-3-6-22-10-5-4-8(19)7-9(10)14(21)13-11(16)12(17)15(18)20-13/h4-5,7,20H,2-3,6H2,1H3. The van der Waals surface area contributed by atoms with Gasteiger partial charge in [0, 0.05) is 0 Å². The van der Waals surface area contributed by atoms with Crippen LogP contribution in [0.4, 0.5) is 4.39 Å². The van der Waals surface area contributed by atoms with E-state index < -0.39 is 11.6 Å². The first-order valence-electron chi connectivity index (χ1n) is 6.65. The molecule has 22 heavy (non-hydrogen) atoms. The maximum Gasteiger partial charge on any atom is 0.214 e. The molecule has 7 heteroatoms. The van der Waals surface area contributed by atoms with Gasteiger partial charge in [0.25, 0.3) is 0 Å². The summed E-state index contributed by atoms with van der Waals surface area (Å²) in [4.78, 5) is 15.3. The first kappa shape index (κ1) is 17.3. The largest absolute Gasteiger partial charge is 0.493 e. The lowest BCUT2D eigenvalue weighted by Gasteiger charge is -2.10. The van der Waals surface area contributed by atoms with Crippen molar-refractivity contribution < 1.29 is 13.9 Å². The van der Waals surface area contributed by atoms with Gasteiger partial charge in [0.05, 0.1) is 21.7 Å². The summed E-state index contributed by atoms with van der Waals surface area (Å²) in [6.07, 6.45) is 1.80. The number of hydrogen-bond donors (Lipinski definition) is 1. The quantitative estimate of drug-likeness (QED) is 0.496. The number of carbonyl (C=O) groups is 1. The van der Waals surface area contributed by atoms with E-state index in [2.05, 4.69) is 20.9 Å². The fourth-order valence-corrected chi connectivity index (χ4v) is 2.77. The van der Waals surface area contributed by atoms with Crippen molar-refractivity contribution in [2.24, 2.45) is 0 Å². The van der Waals surface area contributed by atoms with Gasteiger partial charge in [0.1, 0.15) is 22.4 Å². The minimum absolute atomic E-state index is 0.117. The van der Waals surface area contributed by atoms with Crippen LogP contribution in [0.15, 0.2) is 22.7 Å². The molecule has 0 aliphatic rings. The number of benzene rings is 1. The monoisotopic (exact) mass is 407 g/mol. The van der Waals surface area contributed by atoms with Gasteiger partial charge < -0.3 is 9.72 Å². The molecule has 118 valence electrons. The van der Waals surface area contributed by atoms with Crippen LogP contribution in [-0.2, 0) is 0 Å². The number of carbonyl (C=O) groups excluding carboxylic acids is 1. The van der Waals surface area contributed by atoms with Crippen molar-refractivity contribution in [3.63, 3.8) is 0 Å². The topological polar surface area (TPSA) is 42.1 Å². The van der Waals surface area contributed by atoms with Crippen molar-refractivity contribution >= 4 is 44.9 Å². The Morgan fingerprint density at radius 2 is 2.14 bits per heavy atom. The summed E-state index contributed by atoms with van der Waals surface area (Å²) in [6.45, 7) is 2.48. The van der Waals surface area contributed by atoms with Crippen molar-refractivity contribution in [2.75, 3.05) is 6.61 Å². The maximum atomic E-state index is 13.5. The van der Waals surface area contributed by atoms with E-state index in [1.54, 1.807) is 0 Å². The van der Waals surface area contributed by atoms with Gasteiger partial charge in [-0.3, -0.25) is 4.79 Å². The lowest BCUT2D eigenvalue weighted by atomic mass is 10.1. The highest BCUT2D eigenvalue weighted by molar-refractivity contribution is 9.10. The van der Waals surface area contributed by atoms with E-state index in [1.807, 2.05) is 6.92 Å². The van der Waals surface area contributed by atoms with E-state index in [4.69, 9.17) is 27.9 Å². The number of nitrogens with one attached hydrogen (secondary N) is 1. The third-order valence-corrected chi connectivity index (χ3v) is 4.79. The highest BCUT2D eigenvalue weighted by Crippen LogP contribution is 2.35. The van der Waals surface area contributed by atoms with Gasteiger partial charge >= 0.3 is 0 Å². The van der Waals surface area contributed by atoms with Gasteiger partial charge in [-0.05, 0) is 40.5 Å². The van der Waals surface area contributed by atoms with E-state index in [-0.39, 0.29) is 21.4 Å². The highest BCUT2D eigenvalue weighted by Gasteiger charge is 2.23. The summed E-state index contributed by atoms with van der Waals surface area (Å²) in [6, 6.07) is 3.83. The molecule has 1 aromatic carbocycles. The first-order chi connectivity index (χ1) is 10.5. The average molecular weight is 409 g/mol. The molecule has 0 fully saturated rings. The zero-order valence-electron chi connectivity index (χ0n) is 11.7. The van der Waals surface area contributed by atoms with Crippen LogP contribution in [0.5, 0.6) is 5.75 Å². The van der Waals surface area contributed by atoms with Crippen LogP contribution in [0, 0.1) is 5.82 Å². The Balaban J connectivity index is 2.39. The molecule has 2 rings (SSSR count). The van der Waals surface area contributed by atoms with Crippen molar-refractivity contribution in [3.05, 3.63) is 49.9 Å². The second kappa shape index (κ2) is 7.49. The molecule has 1 heterocycles. The molecule has 0 unspecified atom stereocenters. The fourth-order valence-electron chi connectivity index (χ4n) is 1.85. The first-order valence-corrected chi connectivity index (χ1v) is 8.20. The summed E-state index contributed by atoms with van der Waals surface area (Å²) in [5.74, 6) is -0.647. The minimum atomic E-state index is -0.522. The second-order valence-corrected chi connectivity index (χ2v) is 6.16. The molecule has 2 aromatic rings. The number of aromatic amines is 1. The van der Waals surface area contributed by atoms with Gasteiger partial charge in [-0.1, -0.05) is 36.5 Å². The Hall–Kier alpha value is -1.04. The molecule has 0 amide bonds. The van der Waals surface area contributed by atoms with Gasteiger partial charge in [-0.15, -0.1) is 0 Å². The van der Waals surface area contributed by atoms with E-state index >= 15 is 0 Å². The maximum absolute atomic E-state index is 13.5. The van der Waals surface area contributed by atoms with E-state index in [1.165, 1.54) is 12.1 Å². The Kier molecular flexibility index (Phi) is 5.89. The third-order valence-electron chi connectivity index (χ3n) is 3.01. The van der Waals surface area contributed by atoms with Crippen LogP contribution >= 0.6 is 39.1 Å². The summed E-state index contributed by atoms with van der Waals surface area (Å²) in [7, 11) is 0. The number of rotatable bonds is 6. The van der Waals surface area contributed by atoms with Crippen LogP contribution in [0.25, 0.3) is 0 Å². The molecular formula is C15H13BrCl2FNO2. The van der Waals surface area contributed by atoms with Gasteiger partial charge in [-0.2, -0.15) is 0 Å². The van der Waals surface area contributed by atoms with Crippen molar-refractivity contribution in [1.29, 1.82) is 0 Å². The number of H-pyrrole nitrogens is 1. The molecule has 0 spiro atoms. The SMILES string of the molecule is CCCCOc1ccc(F)cc1C(=O)c1[nH]c(Cl)c(Cl)c1Br. The highest BCUT2D eigenvalue weighted by atomic mass is 79.9. The molecular weight excluding hydrogens is 396 g/mol. The summed E-state index contributed by atoms with van der Waals surface area (Å²) in [5.41, 5.74) is 0.271. The average Bonchev–Trinajstić information content (AvgIpc) is 2.76. The van der Waals surface area contributed by atoms with Gasteiger partial charge in [0.2, 0.25) is 5.78 Å². The van der Waals surface area contributed by atoms with Crippen LogP contribution in [0.3, 0.4) is 0 Å². The van der Waals surface area contributed by atoms with E-state index in [9.17, 15) is 9.18 Å². The molecule has 0 saturated heterocycles. The van der Waals surface area contributed by atoms with Gasteiger partial charge in [0.15, 0.2) is 0 Å². The minimum Gasteiger partial charge on any atom is -0.493 e. The predicted octanol–water partition coefficient (Wildman–Crippen LogP) is 5.63. The number of aromatic nitrogens is 1. The van der Waals surface area contributed by atoms with Crippen molar-refractivity contribution in [1.82, 2.24) is 4.98 Å². The smallest absolute Gasteiger partial charge is 0.214 e.